The molecular weight excluding hydrogens is 281 g/mol. The lowest BCUT2D eigenvalue weighted by Gasteiger charge is -2.02. The monoisotopic (exact) mass is 285 g/mol. The second-order valence-electron chi connectivity index (χ2n) is 3.00. The van der Waals surface area contributed by atoms with E-state index in [1.54, 1.807) is 6.20 Å². The van der Waals surface area contributed by atoms with Crippen molar-refractivity contribution >= 4 is 21.6 Å². The largest absolute Gasteiger partial charge is 0.302 e. The molecule has 0 amide bonds. The zero-order valence-electron chi connectivity index (χ0n) is 7.80. The van der Waals surface area contributed by atoms with Crippen LogP contribution < -0.4 is 0 Å². The summed E-state index contributed by atoms with van der Waals surface area (Å²) in [5.41, 5.74) is -0.0655. The molecule has 7 heteroatoms. The summed E-state index contributed by atoms with van der Waals surface area (Å²) in [6, 6.07) is 3.46. The number of hydrogen-bond acceptors (Lipinski definition) is 3. The topological polar surface area (TPSA) is 61.0 Å². The Bertz CT molecular complexity index is 555. The van der Waals surface area contributed by atoms with Gasteiger partial charge in [-0.3, -0.25) is 10.1 Å². The number of non-ortho nitro benzene ring substituents is 1. The Morgan fingerprint density at radius 1 is 1.50 bits per heavy atom. The number of benzene rings is 1. The molecule has 0 aliphatic rings. The molecule has 16 heavy (non-hydrogen) atoms. The highest BCUT2D eigenvalue weighted by molar-refractivity contribution is 9.10. The van der Waals surface area contributed by atoms with E-state index in [9.17, 15) is 14.5 Å². The highest BCUT2D eigenvalue weighted by atomic mass is 79.9. The first-order valence-electron chi connectivity index (χ1n) is 4.22. The van der Waals surface area contributed by atoms with Crippen molar-refractivity contribution in [2.45, 2.75) is 0 Å². The summed E-state index contributed by atoms with van der Waals surface area (Å²) in [7, 11) is 0. The minimum Gasteiger partial charge on any atom is -0.302 e. The van der Waals surface area contributed by atoms with Crippen LogP contribution in [-0.2, 0) is 0 Å². The zero-order valence-corrected chi connectivity index (χ0v) is 9.39. The molecule has 82 valence electrons. The molecule has 2 rings (SSSR count). The second-order valence-corrected chi connectivity index (χ2v) is 3.81. The van der Waals surface area contributed by atoms with Gasteiger partial charge in [0.25, 0.3) is 5.69 Å². The summed E-state index contributed by atoms with van der Waals surface area (Å²) in [4.78, 5) is 13.6. The lowest BCUT2D eigenvalue weighted by molar-refractivity contribution is -0.385. The van der Waals surface area contributed by atoms with Crippen LogP contribution >= 0.6 is 15.9 Å². The van der Waals surface area contributed by atoms with Gasteiger partial charge < -0.3 is 4.57 Å². The van der Waals surface area contributed by atoms with Crippen molar-refractivity contribution in [2.24, 2.45) is 0 Å². The number of halogens is 2. The maximum absolute atomic E-state index is 13.5. The van der Waals surface area contributed by atoms with Gasteiger partial charge in [0.1, 0.15) is 10.9 Å². The normalized spacial score (nSPS) is 10.4. The third kappa shape index (κ3) is 1.94. The molecule has 0 spiro atoms. The lowest BCUT2D eigenvalue weighted by Crippen LogP contribution is -1.96. The summed E-state index contributed by atoms with van der Waals surface area (Å²) in [5.74, 6) is -0.667. The van der Waals surface area contributed by atoms with Crippen molar-refractivity contribution in [1.82, 2.24) is 9.55 Å². The molecule has 1 aromatic heterocycles. The summed E-state index contributed by atoms with van der Waals surface area (Å²) in [5, 5.41) is 10.4. The molecule has 0 atom stereocenters. The zero-order chi connectivity index (χ0) is 11.7. The molecule has 0 radical (unpaired) electrons. The molecule has 1 heterocycles. The van der Waals surface area contributed by atoms with E-state index in [4.69, 9.17) is 0 Å². The molecule has 0 bridgehead atoms. The fourth-order valence-electron chi connectivity index (χ4n) is 1.25. The van der Waals surface area contributed by atoms with E-state index in [0.29, 0.717) is 4.60 Å². The van der Waals surface area contributed by atoms with E-state index < -0.39 is 10.7 Å². The van der Waals surface area contributed by atoms with Gasteiger partial charge in [-0.2, -0.15) is 0 Å². The van der Waals surface area contributed by atoms with Gasteiger partial charge >= 0.3 is 0 Å². The van der Waals surface area contributed by atoms with Gasteiger partial charge in [0.2, 0.25) is 0 Å². The van der Waals surface area contributed by atoms with E-state index >= 15 is 0 Å². The van der Waals surface area contributed by atoms with Gasteiger partial charge in [0, 0.05) is 12.3 Å². The maximum Gasteiger partial charge on any atom is 0.272 e. The Balaban J connectivity index is 2.47. The SMILES string of the molecule is O=[N+]([O-])c1ccc(-n2cnc(Br)c2)c(F)c1. The molecule has 0 saturated carbocycles. The average molecular weight is 286 g/mol. The Morgan fingerprint density at radius 2 is 2.25 bits per heavy atom. The van der Waals surface area contributed by atoms with Crippen LogP contribution in [0.3, 0.4) is 0 Å². The van der Waals surface area contributed by atoms with Gasteiger partial charge in [-0.25, -0.2) is 9.37 Å². The minimum atomic E-state index is -0.667. The van der Waals surface area contributed by atoms with E-state index in [2.05, 4.69) is 20.9 Å². The van der Waals surface area contributed by atoms with E-state index in [1.165, 1.54) is 23.0 Å². The van der Waals surface area contributed by atoms with Gasteiger partial charge in [-0.1, -0.05) is 0 Å². The summed E-state index contributed by atoms with van der Waals surface area (Å²) >= 11 is 3.13. The third-order valence-corrected chi connectivity index (χ3v) is 2.38. The fraction of sp³-hybridized carbons (Fsp3) is 0. The molecule has 0 aliphatic heterocycles. The van der Waals surface area contributed by atoms with E-state index in [0.717, 1.165) is 6.07 Å². The van der Waals surface area contributed by atoms with E-state index in [1.807, 2.05) is 0 Å². The predicted molar refractivity (Wildman–Crippen MR) is 57.9 cm³/mol. The van der Waals surface area contributed by atoms with Crippen molar-refractivity contribution in [3.63, 3.8) is 0 Å². The number of hydrogen-bond donors (Lipinski definition) is 0. The van der Waals surface area contributed by atoms with Gasteiger partial charge in [-0.15, -0.1) is 0 Å². The van der Waals surface area contributed by atoms with Crippen molar-refractivity contribution in [2.75, 3.05) is 0 Å². The number of nitrogens with zero attached hydrogens (tertiary/aromatic N) is 3. The standard InChI is InChI=1S/C9H5BrFN3O2/c10-9-4-13(5-12-9)8-2-1-6(14(15)16)3-7(8)11/h1-5H. The van der Waals surface area contributed by atoms with Crippen LogP contribution in [0.2, 0.25) is 0 Å². The quantitative estimate of drug-likeness (QED) is 0.630. The molecule has 0 saturated heterocycles. The van der Waals surface area contributed by atoms with Crippen molar-refractivity contribution in [3.8, 4) is 5.69 Å². The van der Waals surface area contributed by atoms with Crippen LogP contribution in [0.1, 0.15) is 0 Å². The molecule has 5 nitrogen and oxygen atoms in total. The smallest absolute Gasteiger partial charge is 0.272 e. The fourth-order valence-corrected chi connectivity index (χ4v) is 1.56. The van der Waals surface area contributed by atoms with Gasteiger partial charge in [-0.05, 0) is 22.0 Å². The first-order valence-corrected chi connectivity index (χ1v) is 5.01. The van der Waals surface area contributed by atoms with Crippen LogP contribution in [0.25, 0.3) is 5.69 Å². The van der Waals surface area contributed by atoms with Crippen LogP contribution in [-0.4, -0.2) is 14.5 Å². The maximum atomic E-state index is 13.5. The molecule has 2 aromatic rings. The lowest BCUT2D eigenvalue weighted by atomic mass is 10.2. The number of aromatic nitrogens is 2. The Morgan fingerprint density at radius 3 is 2.75 bits per heavy atom. The van der Waals surface area contributed by atoms with Gasteiger partial charge in [0.05, 0.1) is 16.7 Å². The highest BCUT2D eigenvalue weighted by Crippen LogP contribution is 2.20. The molecule has 0 fully saturated rings. The Hall–Kier alpha value is -1.76. The van der Waals surface area contributed by atoms with Crippen LogP contribution in [0.5, 0.6) is 0 Å². The van der Waals surface area contributed by atoms with E-state index in [-0.39, 0.29) is 11.4 Å². The second kappa shape index (κ2) is 4.01. The minimum absolute atomic E-state index is 0.212. The Kier molecular flexibility index (Phi) is 2.69. The molecule has 0 aliphatic carbocycles. The first kappa shape index (κ1) is 10.7. The predicted octanol–water partition coefficient (Wildman–Crippen LogP) is 2.68. The number of rotatable bonds is 2. The summed E-state index contributed by atoms with van der Waals surface area (Å²) in [6.07, 6.45) is 2.97. The number of nitro groups is 1. The molecule has 0 unspecified atom stereocenters. The summed E-state index contributed by atoms with van der Waals surface area (Å²) < 4.78 is 15.5. The number of imidazole rings is 1. The van der Waals surface area contributed by atoms with Crippen LogP contribution in [0.4, 0.5) is 10.1 Å². The molecule has 0 N–H and O–H groups in total. The van der Waals surface area contributed by atoms with Crippen LogP contribution in [0, 0.1) is 15.9 Å². The first-order chi connectivity index (χ1) is 7.58. The third-order valence-electron chi connectivity index (χ3n) is 1.97. The molecular formula is C9H5BrFN3O2. The highest BCUT2D eigenvalue weighted by Gasteiger charge is 2.11. The van der Waals surface area contributed by atoms with Crippen molar-refractivity contribution in [3.05, 3.63) is 51.3 Å². The number of nitro benzene ring substituents is 1. The summed E-state index contributed by atoms with van der Waals surface area (Å²) in [6.45, 7) is 0. The van der Waals surface area contributed by atoms with Crippen molar-refractivity contribution in [1.29, 1.82) is 0 Å². The Labute approximate surface area is 97.8 Å². The molecule has 1 aromatic carbocycles. The van der Waals surface area contributed by atoms with Crippen LogP contribution in [0.15, 0.2) is 35.3 Å². The average Bonchev–Trinajstić information content (AvgIpc) is 2.64. The van der Waals surface area contributed by atoms with Gasteiger partial charge in [0.15, 0.2) is 5.82 Å². The van der Waals surface area contributed by atoms with Crippen molar-refractivity contribution < 1.29 is 9.31 Å².